The number of anilines is 1. The molecule has 2 aromatic carbocycles. The average molecular weight is 475 g/mol. The zero-order valence-corrected chi connectivity index (χ0v) is 19.8. The maximum atomic E-state index is 12.8. The van der Waals surface area contributed by atoms with Crippen molar-refractivity contribution in [3.63, 3.8) is 0 Å². The Morgan fingerprint density at radius 2 is 2.03 bits per heavy atom. The maximum Gasteiger partial charge on any atom is 0.255 e. The maximum absolute atomic E-state index is 12.8. The molecule has 1 atom stereocenters. The fourth-order valence-electron chi connectivity index (χ4n) is 3.93. The SMILES string of the molecule is COc1cccc(C(=O)Nc2ccc(OCCN3CCOCC3)c(C3CC=NN3C)c2)c1.Cl. The lowest BCUT2D eigenvalue weighted by molar-refractivity contribution is 0.0321. The molecule has 0 aromatic heterocycles. The second-order valence-electron chi connectivity index (χ2n) is 7.86. The summed E-state index contributed by atoms with van der Waals surface area (Å²) in [6, 6.07) is 13.0. The van der Waals surface area contributed by atoms with Crippen LogP contribution in [-0.2, 0) is 4.74 Å². The van der Waals surface area contributed by atoms with Crippen molar-refractivity contribution in [3.8, 4) is 11.5 Å². The van der Waals surface area contributed by atoms with Gasteiger partial charge in [0.15, 0.2) is 0 Å². The summed E-state index contributed by atoms with van der Waals surface area (Å²) in [5, 5.41) is 9.30. The highest BCUT2D eigenvalue weighted by molar-refractivity contribution is 6.04. The van der Waals surface area contributed by atoms with Crippen molar-refractivity contribution >= 4 is 30.2 Å². The number of hydrogen-bond acceptors (Lipinski definition) is 7. The third-order valence-electron chi connectivity index (χ3n) is 5.77. The molecular formula is C24H31ClN4O4. The highest BCUT2D eigenvalue weighted by Crippen LogP contribution is 2.35. The van der Waals surface area contributed by atoms with Gasteiger partial charge >= 0.3 is 0 Å². The predicted molar refractivity (Wildman–Crippen MR) is 131 cm³/mol. The molecule has 0 aliphatic carbocycles. The number of ether oxygens (including phenoxy) is 3. The molecule has 4 rings (SSSR count). The van der Waals surface area contributed by atoms with Crippen LogP contribution in [0, 0.1) is 0 Å². The van der Waals surface area contributed by atoms with E-state index in [2.05, 4.69) is 15.3 Å². The number of carbonyl (C=O) groups excluding carboxylic acids is 1. The van der Waals surface area contributed by atoms with Crippen LogP contribution in [-0.4, -0.2) is 75.6 Å². The number of nitrogens with one attached hydrogen (secondary N) is 1. The third kappa shape index (κ3) is 6.37. The number of benzene rings is 2. The molecule has 1 unspecified atom stereocenters. The molecule has 1 saturated heterocycles. The summed E-state index contributed by atoms with van der Waals surface area (Å²) in [4.78, 5) is 15.1. The van der Waals surface area contributed by atoms with E-state index in [1.165, 1.54) is 0 Å². The van der Waals surface area contributed by atoms with Gasteiger partial charge in [-0.1, -0.05) is 6.07 Å². The van der Waals surface area contributed by atoms with Crippen LogP contribution < -0.4 is 14.8 Å². The minimum Gasteiger partial charge on any atom is -0.497 e. The molecule has 1 fully saturated rings. The molecule has 2 aliphatic heterocycles. The summed E-state index contributed by atoms with van der Waals surface area (Å²) < 4.78 is 16.8. The van der Waals surface area contributed by atoms with Crippen molar-refractivity contribution in [1.82, 2.24) is 9.91 Å². The average Bonchev–Trinajstić information content (AvgIpc) is 3.26. The standard InChI is InChI=1S/C24H30N4O4.ClH/c1-27-22(8-9-25-27)21-17-19(26-24(29)18-4-3-5-20(16-18)30-2)6-7-23(21)32-15-12-28-10-13-31-14-11-28;/h3-7,9,16-17,22H,8,10-15H2,1-2H3,(H,26,29);1H. The van der Waals surface area contributed by atoms with E-state index in [0.29, 0.717) is 23.6 Å². The Morgan fingerprint density at radius 3 is 2.76 bits per heavy atom. The molecule has 8 nitrogen and oxygen atoms in total. The number of carbonyl (C=O) groups is 1. The van der Waals surface area contributed by atoms with E-state index in [4.69, 9.17) is 14.2 Å². The Bertz CT molecular complexity index is 965. The number of hydrazone groups is 1. The number of nitrogens with zero attached hydrogens (tertiary/aromatic N) is 3. The van der Waals surface area contributed by atoms with Crippen molar-refractivity contribution < 1.29 is 19.0 Å². The van der Waals surface area contributed by atoms with Crippen LogP contribution >= 0.6 is 12.4 Å². The lowest BCUT2D eigenvalue weighted by Crippen LogP contribution is -2.38. The number of rotatable bonds is 8. The quantitative estimate of drug-likeness (QED) is 0.631. The van der Waals surface area contributed by atoms with E-state index in [1.54, 1.807) is 25.3 Å². The van der Waals surface area contributed by atoms with Gasteiger partial charge in [0.05, 0.1) is 26.4 Å². The molecule has 0 saturated carbocycles. The Labute approximate surface area is 200 Å². The van der Waals surface area contributed by atoms with Crippen LogP contribution in [0.5, 0.6) is 11.5 Å². The molecule has 2 heterocycles. The molecule has 0 radical (unpaired) electrons. The minimum atomic E-state index is -0.188. The molecule has 178 valence electrons. The Kier molecular flexibility index (Phi) is 8.94. The second kappa shape index (κ2) is 11.9. The Balaban J connectivity index is 0.00000306. The van der Waals surface area contributed by atoms with Crippen LogP contribution in [0.1, 0.15) is 28.4 Å². The monoisotopic (exact) mass is 474 g/mol. The van der Waals surface area contributed by atoms with Crippen LogP contribution in [0.2, 0.25) is 0 Å². The lowest BCUT2D eigenvalue weighted by Gasteiger charge is -2.27. The van der Waals surface area contributed by atoms with Gasteiger partial charge in [0, 0.05) is 56.1 Å². The normalized spacial score (nSPS) is 18.0. The summed E-state index contributed by atoms with van der Waals surface area (Å²) >= 11 is 0. The smallest absolute Gasteiger partial charge is 0.255 e. The number of methoxy groups -OCH3 is 1. The van der Waals surface area contributed by atoms with Gasteiger partial charge in [-0.2, -0.15) is 5.10 Å². The first-order valence-corrected chi connectivity index (χ1v) is 10.9. The van der Waals surface area contributed by atoms with Gasteiger partial charge in [-0.3, -0.25) is 14.7 Å². The number of hydrogen-bond donors (Lipinski definition) is 1. The van der Waals surface area contributed by atoms with Crippen LogP contribution in [0.15, 0.2) is 47.6 Å². The van der Waals surface area contributed by atoms with Crippen molar-refractivity contribution in [2.45, 2.75) is 12.5 Å². The fraction of sp³-hybridized carbons (Fsp3) is 0.417. The van der Waals surface area contributed by atoms with Gasteiger partial charge in [0.2, 0.25) is 0 Å². The molecule has 0 spiro atoms. The third-order valence-corrected chi connectivity index (χ3v) is 5.77. The van der Waals surface area contributed by atoms with E-state index < -0.39 is 0 Å². The van der Waals surface area contributed by atoms with E-state index >= 15 is 0 Å². The van der Waals surface area contributed by atoms with Crippen LogP contribution in [0.25, 0.3) is 0 Å². The van der Waals surface area contributed by atoms with Gasteiger partial charge in [-0.05, 0) is 36.4 Å². The number of amides is 1. The molecule has 9 heteroatoms. The van der Waals surface area contributed by atoms with E-state index in [1.807, 2.05) is 42.5 Å². The second-order valence-corrected chi connectivity index (χ2v) is 7.86. The lowest BCUT2D eigenvalue weighted by atomic mass is 10.0. The van der Waals surface area contributed by atoms with Crippen LogP contribution in [0.4, 0.5) is 5.69 Å². The molecule has 0 bridgehead atoms. The number of morpholine rings is 1. The van der Waals surface area contributed by atoms with Crippen molar-refractivity contribution in [2.75, 3.05) is 58.9 Å². The summed E-state index contributed by atoms with van der Waals surface area (Å²) in [7, 11) is 3.54. The highest BCUT2D eigenvalue weighted by atomic mass is 35.5. The molecule has 33 heavy (non-hydrogen) atoms. The van der Waals surface area contributed by atoms with E-state index in [-0.39, 0.29) is 24.4 Å². The molecular weight excluding hydrogens is 444 g/mol. The largest absolute Gasteiger partial charge is 0.497 e. The molecule has 1 N–H and O–H groups in total. The van der Waals surface area contributed by atoms with Gasteiger partial charge in [-0.25, -0.2) is 0 Å². The molecule has 2 aromatic rings. The topological polar surface area (TPSA) is 75.6 Å². The summed E-state index contributed by atoms with van der Waals surface area (Å²) in [5.74, 6) is 1.28. The highest BCUT2D eigenvalue weighted by Gasteiger charge is 2.24. The number of halogens is 1. The first-order valence-electron chi connectivity index (χ1n) is 10.9. The van der Waals surface area contributed by atoms with Crippen molar-refractivity contribution in [1.29, 1.82) is 0 Å². The van der Waals surface area contributed by atoms with Crippen molar-refractivity contribution in [3.05, 3.63) is 53.6 Å². The van der Waals surface area contributed by atoms with E-state index in [9.17, 15) is 4.79 Å². The van der Waals surface area contributed by atoms with Gasteiger partial charge in [0.25, 0.3) is 5.91 Å². The summed E-state index contributed by atoms with van der Waals surface area (Å²) in [5.41, 5.74) is 2.27. The first-order chi connectivity index (χ1) is 15.6. The zero-order chi connectivity index (χ0) is 22.3. The van der Waals surface area contributed by atoms with Gasteiger partial charge in [0.1, 0.15) is 18.1 Å². The molecule has 2 aliphatic rings. The summed E-state index contributed by atoms with van der Waals surface area (Å²) in [6.07, 6.45) is 2.70. The van der Waals surface area contributed by atoms with Crippen molar-refractivity contribution in [2.24, 2.45) is 5.10 Å². The zero-order valence-electron chi connectivity index (χ0n) is 19.0. The Morgan fingerprint density at radius 1 is 1.21 bits per heavy atom. The van der Waals surface area contributed by atoms with Crippen LogP contribution in [0.3, 0.4) is 0 Å². The fourth-order valence-corrected chi connectivity index (χ4v) is 3.93. The van der Waals surface area contributed by atoms with Gasteiger partial charge < -0.3 is 19.5 Å². The minimum absolute atomic E-state index is 0. The van der Waals surface area contributed by atoms with E-state index in [0.717, 1.165) is 50.6 Å². The molecule has 1 amide bonds. The summed E-state index contributed by atoms with van der Waals surface area (Å²) in [6.45, 7) is 4.87. The van der Waals surface area contributed by atoms with Gasteiger partial charge in [-0.15, -0.1) is 12.4 Å². The predicted octanol–water partition coefficient (Wildman–Crippen LogP) is 3.44. The Hall–Kier alpha value is -2.81. The first kappa shape index (κ1) is 24.8.